The highest BCUT2D eigenvalue weighted by Crippen LogP contribution is 2.41. The maximum absolute atomic E-state index is 13.1. The summed E-state index contributed by atoms with van der Waals surface area (Å²) in [5, 5.41) is 7.37. The summed E-state index contributed by atoms with van der Waals surface area (Å²) < 4.78 is 4.80. The van der Waals surface area contributed by atoms with Crippen LogP contribution in [-0.4, -0.2) is 47.2 Å². The van der Waals surface area contributed by atoms with Crippen molar-refractivity contribution in [2.75, 3.05) is 20.2 Å². The van der Waals surface area contributed by atoms with Crippen LogP contribution in [0.2, 0.25) is 0 Å². The van der Waals surface area contributed by atoms with Crippen molar-refractivity contribution in [3.63, 3.8) is 0 Å². The van der Waals surface area contributed by atoms with Crippen LogP contribution in [0.25, 0.3) is 0 Å². The second-order valence-electron chi connectivity index (χ2n) is 7.69. The second kappa shape index (κ2) is 7.18. The van der Waals surface area contributed by atoms with Gasteiger partial charge in [0.2, 0.25) is 0 Å². The molecule has 1 aliphatic heterocycles. The molecule has 1 saturated heterocycles. The van der Waals surface area contributed by atoms with Crippen LogP contribution in [0.15, 0.2) is 24.3 Å². The number of carbonyl (C=O) groups is 2. The van der Waals surface area contributed by atoms with Crippen molar-refractivity contribution in [1.82, 2.24) is 15.1 Å². The number of methoxy groups -OCH3 is 1. The van der Waals surface area contributed by atoms with Gasteiger partial charge in [-0.15, -0.1) is 0 Å². The van der Waals surface area contributed by atoms with Crippen molar-refractivity contribution >= 4 is 11.9 Å². The van der Waals surface area contributed by atoms with Crippen LogP contribution in [0.1, 0.15) is 62.8 Å². The van der Waals surface area contributed by atoms with Crippen molar-refractivity contribution in [2.24, 2.45) is 5.92 Å². The van der Waals surface area contributed by atoms with E-state index in [0.29, 0.717) is 17.4 Å². The number of aromatic nitrogens is 2. The first-order chi connectivity index (χ1) is 13.1. The van der Waals surface area contributed by atoms with Gasteiger partial charge in [0.05, 0.1) is 23.9 Å². The highest BCUT2D eigenvalue weighted by Gasteiger charge is 2.35. The number of aromatic amines is 1. The minimum Gasteiger partial charge on any atom is -0.465 e. The number of hydrogen-bond acceptors (Lipinski definition) is 4. The van der Waals surface area contributed by atoms with Crippen LogP contribution in [0.4, 0.5) is 0 Å². The molecule has 6 heteroatoms. The Kier molecular flexibility index (Phi) is 4.72. The molecule has 2 heterocycles. The van der Waals surface area contributed by atoms with Gasteiger partial charge in [0.15, 0.2) is 0 Å². The number of likely N-dealkylation sites (tertiary alicyclic amines) is 1. The topological polar surface area (TPSA) is 75.3 Å². The first-order valence-corrected chi connectivity index (χ1v) is 9.58. The monoisotopic (exact) mass is 367 g/mol. The van der Waals surface area contributed by atoms with E-state index < -0.39 is 0 Å². The van der Waals surface area contributed by atoms with E-state index in [2.05, 4.69) is 10.2 Å². The maximum Gasteiger partial charge on any atom is 0.337 e. The quantitative estimate of drug-likeness (QED) is 0.824. The molecule has 27 heavy (non-hydrogen) atoms. The average Bonchev–Trinajstić information content (AvgIpc) is 3.30. The van der Waals surface area contributed by atoms with E-state index in [1.54, 1.807) is 6.07 Å². The van der Waals surface area contributed by atoms with Gasteiger partial charge in [-0.05, 0) is 56.2 Å². The Bertz CT molecular complexity index is 869. The van der Waals surface area contributed by atoms with Crippen LogP contribution < -0.4 is 0 Å². The van der Waals surface area contributed by atoms with Crippen molar-refractivity contribution in [2.45, 2.75) is 38.5 Å². The second-order valence-corrected chi connectivity index (χ2v) is 7.69. The summed E-state index contributed by atoms with van der Waals surface area (Å²) in [6.45, 7) is 3.45. The number of benzene rings is 1. The Morgan fingerprint density at radius 1 is 1.30 bits per heavy atom. The lowest BCUT2D eigenvalue weighted by molar-refractivity contribution is 0.0600. The highest BCUT2D eigenvalue weighted by molar-refractivity contribution is 5.97. The number of hydrogen-bond donors (Lipinski definition) is 1. The number of esters is 1. The molecule has 0 radical (unpaired) electrons. The third-order valence-corrected chi connectivity index (χ3v) is 5.60. The highest BCUT2D eigenvalue weighted by atomic mass is 16.5. The molecule has 2 fully saturated rings. The minimum atomic E-state index is -0.317. The summed E-state index contributed by atoms with van der Waals surface area (Å²) >= 11 is 0. The molecule has 2 aromatic rings. The Morgan fingerprint density at radius 3 is 2.85 bits per heavy atom. The Balaban J connectivity index is 1.43. The minimum absolute atomic E-state index is 0.106. The third-order valence-electron chi connectivity index (χ3n) is 5.60. The number of H-pyrrole nitrogens is 1. The number of rotatable bonds is 5. The first kappa shape index (κ1) is 17.8. The average molecular weight is 367 g/mol. The number of aryl methyl sites for hydroxylation is 1. The summed E-state index contributed by atoms with van der Waals surface area (Å²) in [7, 11) is 1.39. The standard InChI is InChI=1S/C21H25N3O3/c1-13-18(19(23-22-13)16-6-7-16)20(25)24-9-8-15(12-24)10-14-4-3-5-17(11-14)21(26)27-2/h3-5,11,15-16H,6-10,12H2,1-2H3,(H,22,23). The molecular formula is C21H25N3O3. The first-order valence-electron chi connectivity index (χ1n) is 9.58. The van der Waals surface area contributed by atoms with E-state index in [4.69, 9.17) is 4.74 Å². The fraction of sp³-hybridized carbons (Fsp3) is 0.476. The molecule has 6 nitrogen and oxygen atoms in total. The summed E-state index contributed by atoms with van der Waals surface area (Å²) in [6, 6.07) is 7.57. The normalized spacial score (nSPS) is 19.3. The Hall–Kier alpha value is -2.63. The fourth-order valence-corrected chi connectivity index (χ4v) is 3.99. The van der Waals surface area contributed by atoms with Gasteiger partial charge in [-0.1, -0.05) is 12.1 Å². The predicted octanol–water partition coefficient (Wildman–Crippen LogP) is 3.09. The summed E-state index contributed by atoms with van der Waals surface area (Å²) in [6.07, 6.45) is 4.09. The summed E-state index contributed by atoms with van der Waals surface area (Å²) in [5.41, 5.74) is 4.29. The zero-order chi connectivity index (χ0) is 19.0. The van der Waals surface area contributed by atoms with E-state index in [1.165, 1.54) is 7.11 Å². The van der Waals surface area contributed by atoms with E-state index in [1.807, 2.05) is 30.0 Å². The number of carbonyl (C=O) groups excluding carboxylic acids is 2. The molecule has 2 aliphatic rings. The number of amides is 1. The summed E-state index contributed by atoms with van der Waals surface area (Å²) in [4.78, 5) is 26.7. The van der Waals surface area contributed by atoms with Crippen molar-refractivity contribution < 1.29 is 14.3 Å². The summed E-state index contributed by atoms with van der Waals surface area (Å²) in [5.74, 6) is 0.642. The Morgan fingerprint density at radius 2 is 2.11 bits per heavy atom. The van der Waals surface area contributed by atoms with Crippen molar-refractivity contribution in [3.05, 3.63) is 52.3 Å². The largest absolute Gasteiger partial charge is 0.465 e. The molecule has 1 unspecified atom stereocenters. The van der Waals surface area contributed by atoms with Crippen molar-refractivity contribution in [3.8, 4) is 0 Å². The van der Waals surface area contributed by atoms with E-state index in [-0.39, 0.29) is 11.9 Å². The molecular weight excluding hydrogens is 342 g/mol. The van der Waals surface area contributed by atoms with Gasteiger partial charge in [0, 0.05) is 24.7 Å². The number of nitrogens with zero attached hydrogens (tertiary/aromatic N) is 2. The fourth-order valence-electron chi connectivity index (χ4n) is 3.99. The molecule has 1 atom stereocenters. The van der Waals surface area contributed by atoms with Gasteiger partial charge >= 0.3 is 5.97 Å². The molecule has 0 bridgehead atoms. The van der Waals surface area contributed by atoms with Gasteiger partial charge in [-0.3, -0.25) is 9.89 Å². The lowest BCUT2D eigenvalue weighted by atomic mass is 9.97. The number of ether oxygens (including phenoxy) is 1. The zero-order valence-electron chi connectivity index (χ0n) is 15.8. The van der Waals surface area contributed by atoms with Crippen LogP contribution >= 0.6 is 0 Å². The van der Waals surface area contributed by atoms with Gasteiger partial charge < -0.3 is 9.64 Å². The molecule has 1 saturated carbocycles. The smallest absolute Gasteiger partial charge is 0.337 e. The van der Waals surface area contributed by atoms with Gasteiger partial charge in [-0.25, -0.2) is 4.79 Å². The number of nitrogens with one attached hydrogen (secondary N) is 1. The molecule has 142 valence electrons. The lowest BCUT2D eigenvalue weighted by Crippen LogP contribution is -2.30. The molecule has 1 aliphatic carbocycles. The predicted molar refractivity (Wildman–Crippen MR) is 101 cm³/mol. The lowest BCUT2D eigenvalue weighted by Gasteiger charge is -2.17. The van der Waals surface area contributed by atoms with E-state index in [0.717, 1.165) is 61.3 Å². The van der Waals surface area contributed by atoms with Crippen LogP contribution in [-0.2, 0) is 11.2 Å². The van der Waals surface area contributed by atoms with Crippen LogP contribution in [0, 0.1) is 12.8 Å². The van der Waals surface area contributed by atoms with Gasteiger partial charge in [0.25, 0.3) is 5.91 Å². The van der Waals surface area contributed by atoms with Crippen molar-refractivity contribution in [1.29, 1.82) is 0 Å². The molecule has 1 amide bonds. The molecule has 1 aromatic carbocycles. The third kappa shape index (κ3) is 3.61. The maximum atomic E-state index is 13.1. The SMILES string of the molecule is COC(=O)c1cccc(CC2CCN(C(=O)c3c(C4CC4)n[nH]c3C)C2)c1. The zero-order valence-corrected chi connectivity index (χ0v) is 15.8. The van der Waals surface area contributed by atoms with Crippen LogP contribution in [0.3, 0.4) is 0 Å². The molecule has 1 aromatic heterocycles. The molecule has 4 rings (SSSR count). The van der Waals surface area contributed by atoms with E-state index in [9.17, 15) is 9.59 Å². The van der Waals surface area contributed by atoms with Gasteiger partial charge in [0.1, 0.15) is 0 Å². The van der Waals surface area contributed by atoms with E-state index >= 15 is 0 Å². The molecule has 1 N–H and O–H groups in total. The molecule has 0 spiro atoms. The Labute approximate surface area is 158 Å². The van der Waals surface area contributed by atoms with Crippen LogP contribution in [0.5, 0.6) is 0 Å². The van der Waals surface area contributed by atoms with Gasteiger partial charge in [-0.2, -0.15) is 5.10 Å².